The lowest BCUT2D eigenvalue weighted by molar-refractivity contribution is -0.143. The minimum absolute atomic E-state index is 0. The average molecular weight is 1520 g/mol. The van der Waals surface area contributed by atoms with E-state index in [9.17, 15) is 59.6 Å². The van der Waals surface area contributed by atoms with Gasteiger partial charge in [0.15, 0.2) is 18.7 Å². The number of nitrogens with one attached hydrogen (secondary N) is 2. The number of nitrogens with two attached hydrogens (primary N) is 5. The van der Waals surface area contributed by atoms with Gasteiger partial charge < -0.3 is 116 Å². The molecule has 0 saturated carbocycles. The highest BCUT2D eigenvalue weighted by atomic mass is 35.7. The molecule has 10 unspecified atom stereocenters. The van der Waals surface area contributed by atoms with Crippen LogP contribution in [0.4, 0.5) is 23.1 Å². The van der Waals surface area contributed by atoms with Gasteiger partial charge in [-0.25, -0.2) is 49.0 Å². The first kappa shape index (κ1) is 81.0. The van der Waals surface area contributed by atoms with Gasteiger partial charge >= 0.3 is 26.6 Å². The summed E-state index contributed by atoms with van der Waals surface area (Å²) in [6.07, 6.45) is -2.16. The number of hydrogen-bond acceptors (Lipinski definition) is 31. The Balaban J connectivity index is 0.000000200. The molecule has 3 aliphatic rings. The average Bonchev–Trinajstić information content (AvgIpc) is 1.60. The monoisotopic (exact) mass is 1520 g/mol. The van der Waals surface area contributed by atoms with Crippen molar-refractivity contribution < 1.29 is 96.8 Å². The Bertz CT molecular complexity index is 4460. The van der Waals surface area contributed by atoms with Crippen molar-refractivity contribution >= 4 is 128 Å². The van der Waals surface area contributed by atoms with Crippen LogP contribution >= 0.6 is 50.3 Å². The third-order valence-corrected chi connectivity index (χ3v) is 19.8. The quantitative estimate of drug-likeness (QED) is 0.0225. The maximum Gasteiger partial charge on any atom is 0.459 e. The fourth-order valence-corrected chi connectivity index (χ4v) is 14.4. The summed E-state index contributed by atoms with van der Waals surface area (Å²) >= 11 is 15.8. The van der Waals surface area contributed by atoms with Crippen LogP contribution in [0.2, 0.25) is 0 Å². The van der Waals surface area contributed by atoms with E-state index < -0.39 is 131 Å². The summed E-state index contributed by atoms with van der Waals surface area (Å²) < 4.78 is 72.4. The predicted octanol–water partition coefficient (Wildman–Crippen LogP) is 2.43. The van der Waals surface area contributed by atoms with Crippen molar-refractivity contribution in [3.05, 3.63) is 121 Å². The normalized spacial score (nSPS) is 26.0. The number of thiocarbonyl (C=S) groups is 2. The Labute approximate surface area is 597 Å². The molecule has 6 aromatic heterocycles. The molecule has 102 heavy (non-hydrogen) atoms. The van der Waals surface area contributed by atoms with Crippen LogP contribution in [-0.2, 0) is 46.9 Å². The molecular formula is C60H78ClN17O20P2S2. The van der Waals surface area contributed by atoms with Gasteiger partial charge in [0.25, 0.3) is 0 Å². The lowest BCUT2D eigenvalue weighted by Crippen LogP contribution is -2.44. The predicted molar refractivity (Wildman–Crippen MR) is 377 cm³/mol. The zero-order valence-corrected chi connectivity index (χ0v) is 58.8. The van der Waals surface area contributed by atoms with Crippen molar-refractivity contribution in [3.8, 4) is 11.5 Å². The number of ether oxygens (including phenoxy) is 5. The van der Waals surface area contributed by atoms with Crippen LogP contribution in [0.5, 0.6) is 11.5 Å². The molecule has 0 spiro atoms. The Morgan fingerprint density at radius 3 is 1.35 bits per heavy atom. The molecule has 11 rings (SSSR count). The van der Waals surface area contributed by atoms with Crippen molar-refractivity contribution in [1.29, 1.82) is 0 Å². The van der Waals surface area contributed by atoms with Crippen molar-refractivity contribution in [1.82, 2.24) is 53.8 Å². The van der Waals surface area contributed by atoms with Crippen molar-refractivity contribution in [2.24, 2.45) is 11.5 Å². The molecule has 552 valence electrons. The molecule has 8 aromatic rings. The molecule has 3 aliphatic heterocycles. The molecule has 37 nitrogen and oxygen atoms in total. The van der Waals surface area contributed by atoms with Gasteiger partial charge in [-0.15, -0.1) is 0 Å². The second kappa shape index (κ2) is 33.0. The van der Waals surface area contributed by atoms with E-state index in [1.807, 2.05) is 0 Å². The van der Waals surface area contributed by atoms with Crippen LogP contribution in [0.25, 0.3) is 37.9 Å². The van der Waals surface area contributed by atoms with E-state index in [2.05, 4.69) is 54.4 Å². The van der Waals surface area contributed by atoms with Gasteiger partial charge in [-0.3, -0.25) is 14.1 Å². The maximum absolute atomic E-state index is 13.7. The topological polar surface area (TPSA) is 555 Å². The summed E-state index contributed by atoms with van der Waals surface area (Å²) in [5.41, 5.74) is 26.0. The highest BCUT2D eigenvalue weighted by Gasteiger charge is 2.56. The summed E-state index contributed by atoms with van der Waals surface area (Å²) in [6, 6.07) is 14.7. The number of carbonyl (C=O) groups is 2. The number of carbonyl (C=O) groups excluding carboxylic acids is 2. The molecule has 42 heteroatoms. The number of rotatable bonds is 20. The largest absolute Gasteiger partial charge is 0.468 e. The minimum Gasteiger partial charge on any atom is -0.468 e. The standard InChI is InChI=1S/C23H29N6O8PS.C13H17N5O4S.C13H15N5O4.C10H13ClNO4P.CH4/c1-12(21(31)34-3)28-38(33,37-13-7-5-4-6-8-13)35-10-15-17(30)23(2,32)22(36-15)29-9-14(19(25)39)16-18(24)26-11-27-20(16)29;1-13(21)8(20)6(3-19)22-12(13)18-2-5(10(15)23)7-9(14)16-4-17-11(7)18;1-13(21)9(20)7(4-19)22-12(13)18-3-6(15-2)8-10(14)16-5-17-11(8)18;1-8(10(13)15-2)12-17(11,14)16-9-6-4-3-5-7-9;/h4-9,11-12,15,17,22,30,32H,10H2,1-3H3,(H2,25,39)(H,28,33)(H2,24,26,27);2,4,6,8,12,19-21H,3H2,1H3,(H2,15,23)(H2,14,16,17);3,5,7,9,12,19-21H,4H2,1H3,(H2,14,16,17);3-8H,1-2H3,(H,12,14);1H4/t12?,15?,17?,22-,23-,38?;6?,8?,12-,13-;7?,9?,12-,13-;;/m111../s1. The fraction of sp³-hybridized carbons (Fsp3) is 0.417. The Morgan fingerprint density at radius 2 is 0.980 bits per heavy atom. The molecule has 0 bridgehead atoms. The summed E-state index contributed by atoms with van der Waals surface area (Å²) in [5, 5.41) is 88.2. The van der Waals surface area contributed by atoms with Gasteiger partial charge in [0.1, 0.15) is 140 Å². The Kier molecular flexibility index (Phi) is 26.2. The van der Waals surface area contributed by atoms with Gasteiger partial charge in [-0.1, -0.05) is 68.3 Å². The number of aliphatic hydroxyl groups excluding tert-OH is 5. The molecule has 20 N–H and O–H groups in total. The van der Waals surface area contributed by atoms with Crippen molar-refractivity contribution in [3.63, 3.8) is 0 Å². The summed E-state index contributed by atoms with van der Waals surface area (Å²) in [4.78, 5) is 50.8. The summed E-state index contributed by atoms with van der Waals surface area (Å²) in [7, 11) is -1.82. The van der Waals surface area contributed by atoms with Gasteiger partial charge in [-0.2, -0.15) is 5.09 Å². The summed E-state index contributed by atoms with van der Waals surface area (Å²) in [5.74, 6) is -0.267. The molecule has 0 radical (unpaired) electrons. The smallest absolute Gasteiger partial charge is 0.459 e. The number of aromatic nitrogens is 9. The Hall–Kier alpha value is -8.30. The highest BCUT2D eigenvalue weighted by molar-refractivity contribution is 7.84. The number of para-hydroxylation sites is 2. The van der Waals surface area contributed by atoms with Crippen LogP contribution in [0, 0.1) is 6.57 Å². The second-order valence-electron chi connectivity index (χ2n) is 23.3. The number of aliphatic hydroxyl groups is 8. The molecule has 3 saturated heterocycles. The second-order valence-corrected chi connectivity index (χ2v) is 28.6. The van der Waals surface area contributed by atoms with Crippen LogP contribution in [0.3, 0.4) is 0 Å². The number of nitrogens with zero attached hydrogens (tertiary/aromatic N) is 10. The fourth-order valence-electron chi connectivity index (χ4n) is 10.9. The van der Waals surface area contributed by atoms with Gasteiger partial charge in [0.05, 0.1) is 56.8 Å². The molecular weight excluding hydrogens is 1440 g/mol. The number of esters is 2. The number of nitrogen functional groups attached to an aromatic ring is 3. The van der Waals surface area contributed by atoms with E-state index in [1.165, 1.54) is 93.9 Å². The van der Waals surface area contributed by atoms with Crippen LogP contribution in [-0.4, -0.2) is 206 Å². The number of halogens is 1. The van der Waals surface area contributed by atoms with Crippen LogP contribution in [0.15, 0.2) is 98.2 Å². The van der Waals surface area contributed by atoms with Crippen LogP contribution < -0.4 is 47.9 Å². The SMILES string of the molecule is C.COC(=O)C(C)NP(=O)(Cl)Oc1ccccc1.COC(=O)C(C)NP(=O)(OCC1O[C@@H](n2cc(C(N)=S)c3c(N)ncnc32)[C@](C)(O)C1O)Oc1ccccc1.C[C@@]1(O)C(O)C(CO)O[C@H]1n1cc(C(N)=S)c2c(N)ncnc21.[C-]#[N+]c1cn([C@@H]2OC(CO)C(O)[C@@]2(C)O)c2ncnc(N)c12. The van der Waals surface area contributed by atoms with E-state index in [4.69, 9.17) is 98.7 Å². The zero-order chi connectivity index (χ0) is 74.4. The molecule has 9 heterocycles. The minimum atomic E-state index is -4.23. The molecule has 16 atom stereocenters. The molecule has 0 aliphatic carbocycles. The first-order valence-corrected chi connectivity index (χ1v) is 34.9. The third-order valence-electron chi connectivity index (χ3n) is 16.1. The first-order chi connectivity index (χ1) is 47.5. The van der Waals surface area contributed by atoms with E-state index in [0.29, 0.717) is 44.3 Å². The van der Waals surface area contributed by atoms with Crippen molar-refractivity contribution in [2.75, 3.05) is 51.2 Å². The number of hydrogen-bond donors (Lipinski definition) is 15. The van der Waals surface area contributed by atoms with Gasteiger partial charge in [0, 0.05) is 41.0 Å². The first-order valence-electron chi connectivity index (χ1n) is 30.0. The van der Waals surface area contributed by atoms with E-state index in [0.717, 1.165) is 0 Å². The number of fused-ring (bicyclic) bond motifs is 3. The maximum atomic E-state index is 13.7. The van der Waals surface area contributed by atoms with Gasteiger partial charge in [0.2, 0.25) is 5.69 Å². The van der Waals surface area contributed by atoms with E-state index in [1.54, 1.807) is 66.9 Å². The van der Waals surface area contributed by atoms with Gasteiger partial charge in [-0.05, 0) is 58.9 Å². The van der Waals surface area contributed by atoms with E-state index in [-0.39, 0.29) is 51.9 Å². The van der Waals surface area contributed by atoms with Crippen LogP contribution in [0.1, 0.15) is 71.9 Å². The number of benzene rings is 2. The number of anilines is 3. The molecule has 3 fully saturated rings. The lowest BCUT2D eigenvalue weighted by atomic mass is 9.96. The highest BCUT2D eigenvalue weighted by Crippen LogP contribution is 2.50. The van der Waals surface area contributed by atoms with E-state index >= 15 is 0 Å². The zero-order valence-electron chi connectivity index (χ0n) is 54.6. The molecule has 0 amide bonds. The lowest BCUT2D eigenvalue weighted by Gasteiger charge is -2.27. The molecule has 2 aromatic carbocycles. The number of methoxy groups -OCH3 is 2. The third kappa shape index (κ3) is 17.2. The van der Waals surface area contributed by atoms with Crippen molar-refractivity contribution in [2.45, 2.75) is 126 Å². The Morgan fingerprint density at radius 1 is 0.627 bits per heavy atom. The summed E-state index contributed by atoms with van der Waals surface area (Å²) in [6.45, 7) is 9.29.